The molecule has 33 heavy (non-hydrogen) atoms. The highest BCUT2D eigenvalue weighted by molar-refractivity contribution is 7.19. The fraction of sp³-hybridized carbons (Fsp3) is 0.136. The number of anilines is 2. The smallest absolute Gasteiger partial charge is 0.409 e. The van der Waals surface area contributed by atoms with E-state index in [1.807, 2.05) is 12.1 Å². The molecule has 0 aliphatic heterocycles. The summed E-state index contributed by atoms with van der Waals surface area (Å²) in [5.74, 6) is -0.860. The third-order valence-corrected chi connectivity index (χ3v) is 6.17. The van der Waals surface area contributed by atoms with Gasteiger partial charge in [0.25, 0.3) is 0 Å². The second-order valence-electron chi connectivity index (χ2n) is 7.40. The molecule has 4 aromatic rings. The van der Waals surface area contributed by atoms with Gasteiger partial charge >= 0.3 is 6.09 Å². The largest absolute Gasteiger partial charge is 0.465 e. The number of pyridine rings is 1. The van der Waals surface area contributed by atoms with E-state index in [1.54, 1.807) is 12.4 Å². The topological polar surface area (TPSA) is 122 Å². The highest BCUT2D eigenvalue weighted by Crippen LogP contribution is 2.44. The molecule has 0 saturated carbocycles. The summed E-state index contributed by atoms with van der Waals surface area (Å²) < 4.78 is 16.7. The second-order valence-corrected chi connectivity index (χ2v) is 8.40. The number of fused-ring (bicyclic) bond motifs is 3. The Bertz CT molecular complexity index is 1400. The van der Waals surface area contributed by atoms with Crippen molar-refractivity contribution in [2.45, 2.75) is 19.8 Å². The molecule has 2 amide bonds. The number of halogens is 1. The first-order valence-corrected chi connectivity index (χ1v) is 10.8. The summed E-state index contributed by atoms with van der Waals surface area (Å²) in [6.45, 7) is 1.42. The van der Waals surface area contributed by atoms with Crippen LogP contribution in [0.4, 0.5) is 20.0 Å². The van der Waals surface area contributed by atoms with Gasteiger partial charge in [-0.3, -0.25) is 15.1 Å². The first kappa shape index (κ1) is 20.8. The molecule has 0 radical (unpaired) electrons. The van der Waals surface area contributed by atoms with Crippen molar-refractivity contribution in [3.05, 3.63) is 59.8 Å². The summed E-state index contributed by atoms with van der Waals surface area (Å²) in [5, 5.41) is 19.0. The van der Waals surface area contributed by atoms with Gasteiger partial charge in [-0.25, -0.2) is 18.9 Å². The Morgan fingerprint density at radius 2 is 2.06 bits per heavy atom. The number of carbonyl (C=O) groups is 2. The van der Waals surface area contributed by atoms with Crippen LogP contribution < -0.4 is 10.6 Å². The molecule has 0 atom stereocenters. The van der Waals surface area contributed by atoms with Crippen molar-refractivity contribution in [2.24, 2.45) is 0 Å². The van der Waals surface area contributed by atoms with Gasteiger partial charge in [0.2, 0.25) is 5.91 Å². The molecule has 166 valence electrons. The molecular weight excluding hydrogens is 447 g/mol. The van der Waals surface area contributed by atoms with Crippen LogP contribution in [0.1, 0.15) is 18.2 Å². The molecular formula is C22H17FN6O3S. The molecule has 0 bridgehead atoms. The number of rotatable bonds is 4. The number of carboxylic acid groups (broad SMARTS) is 1. The number of thiazole rings is 1. The van der Waals surface area contributed by atoms with E-state index < -0.39 is 11.9 Å². The summed E-state index contributed by atoms with van der Waals surface area (Å²) in [7, 11) is 0. The molecule has 5 rings (SSSR count). The third-order valence-electron chi connectivity index (χ3n) is 5.15. The van der Waals surface area contributed by atoms with E-state index in [4.69, 9.17) is 10.2 Å². The number of nitrogens with zero attached hydrogens (tertiary/aromatic N) is 4. The highest BCUT2D eigenvalue weighted by Gasteiger charge is 2.30. The van der Waals surface area contributed by atoms with Crippen molar-refractivity contribution >= 4 is 34.2 Å². The van der Waals surface area contributed by atoms with E-state index >= 15 is 4.39 Å². The lowest BCUT2D eigenvalue weighted by atomic mass is 9.95. The van der Waals surface area contributed by atoms with E-state index in [0.717, 1.165) is 27.8 Å². The summed E-state index contributed by atoms with van der Waals surface area (Å²) in [6.07, 6.45) is 3.38. The molecule has 0 spiro atoms. The average Bonchev–Trinajstić information content (AvgIpc) is 3.34. The van der Waals surface area contributed by atoms with E-state index in [1.165, 1.54) is 35.1 Å². The first-order valence-electron chi connectivity index (χ1n) is 10.0. The standard InChI is InChI=1S/C22H17FN6O3S/c1-11(30)25-21-27-16-6-5-14-18(12-3-2-8-24-10-12)28-29(19(14)20(16)33-21)17-7-4-13(9-15(17)23)26-22(31)32/h2-4,7-10,26H,5-6H2,1H3,(H,31,32)(H,25,27,30). The SMILES string of the molecule is CC(=O)Nc1nc2c(s1)-c1c(c(-c3cccnc3)nn1-c1ccc(NC(=O)O)cc1F)CC2. The van der Waals surface area contributed by atoms with E-state index in [-0.39, 0.29) is 17.3 Å². The van der Waals surface area contributed by atoms with Gasteiger partial charge in [0.05, 0.1) is 22.0 Å². The summed E-state index contributed by atoms with van der Waals surface area (Å²) >= 11 is 1.31. The Kier molecular flexibility index (Phi) is 5.09. The number of amides is 2. The second kappa shape index (κ2) is 8.10. The fourth-order valence-electron chi connectivity index (χ4n) is 3.86. The van der Waals surface area contributed by atoms with Crippen molar-refractivity contribution in [2.75, 3.05) is 10.6 Å². The Hall–Kier alpha value is -4.12. The normalized spacial score (nSPS) is 12.1. The van der Waals surface area contributed by atoms with Crippen LogP contribution in [0, 0.1) is 5.82 Å². The molecule has 1 aliphatic carbocycles. The van der Waals surface area contributed by atoms with Crippen LogP contribution in [-0.4, -0.2) is 36.9 Å². The maximum absolute atomic E-state index is 15.1. The van der Waals surface area contributed by atoms with E-state index in [2.05, 4.69) is 20.6 Å². The van der Waals surface area contributed by atoms with Gasteiger partial charge in [-0.1, -0.05) is 11.3 Å². The van der Waals surface area contributed by atoms with Crippen LogP contribution in [0.5, 0.6) is 0 Å². The lowest BCUT2D eigenvalue weighted by Gasteiger charge is -2.15. The van der Waals surface area contributed by atoms with Crippen LogP contribution in [0.3, 0.4) is 0 Å². The molecule has 3 aromatic heterocycles. The maximum Gasteiger partial charge on any atom is 0.409 e. The number of hydrogen-bond donors (Lipinski definition) is 3. The number of aryl methyl sites for hydroxylation is 1. The predicted molar refractivity (Wildman–Crippen MR) is 121 cm³/mol. The van der Waals surface area contributed by atoms with Crippen molar-refractivity contribution in [1.29, 1.82) is 0 Å². The molecule has 0 unspecified atom stereocenters. The quantitative estimate of drug-likeness (QED) is 0.413. The van der Waals surface area contributed by atoms with E-state index in [9.17, 15) is 9.59 Å². The van der Waals surface area contributed by atoms with Crippen LogP contribution >= 0.6 is 11.3 Å². The zero-order valence-corrected chi connectivity index (χ0v) is 18.1. The number of hydrogen-bond acceptors (Lipinski definition) is 6. The van der Waals surface area contributed by atoms with Crippen molar-refractivity contribution in [3.63, 3.8) is 0 Å². The van der Waals surface area contributed by atoms with Gasteiger partial charge in [0.1, 0.15) is 5.69 Å². The molecule has 1 aromatic carbocycles. The Balaban J connectivity index is 1.71. The summed E-state index contributed by atoms with van der Waals surface area (Å²) in [4.78, 5) is 32.0. The molecule has 9 nitrogen and oxygen atoms in total. The number of aromatic nitrogens is 4. The first-order chi connectivity index (χ1) is 15.9. The minimum Gasteiger partial charge on any atom is -0.465 e. The zero-order chi connectivity index (χ0) is 23.1. The number of benzene rings is 1. The number of nitrogens with one attached hydrogen (secondary N) is 2. The van der Waals surface area contributed by atoms with Gasteiger partial charge in [-0.15, -0.1) is 0 Å². The highest BCUT2D eigenvalue weighted by atomic mass is 32.1. The lowest BCUT2D eigenvalue weighted by molar-refractivity contribution is -0.114. The van der Waals surface area contributed by atoms with Crippen molar-refractivity contribution < 1.29 is 19.1 Å². The van der Waals surface area contributed by atoms with Crippen molar-refractivity contribution in [1.82, 2.24) is 19.7 Å². The maximum atomic E-state index is 15.1. The van der Waals surface area contributed by atoms with E-state index in [0.29, 0.717) is 29.4 Å². The van der Waals surface area contributed by atoms with Crippen LogP contribution in [0.15, 0.2) is 42.7 Å². The molecule has 3 N–H and O–H groups in total. The lowest BCUT2D eigenvalue weighted by Crippen LogP contribution is -2.09. The Labute approximate surface area is 190 Å². The van der Waals surface area contributed by atoms with Gasteiger partial charge in [0.15, 0.2) is 10.9 Å². The summed E-state index contributed by atoms with van der Waals surface area (Å²) in [5.41, 5.74) is 4.20. The molecule has 1 aliphatic rings. The predicted octanol–water partition coefficient (Wildman–Crippen LogP) is 4.34. The van der Waals surface area contributed by atoms with Crippen LogP contribution in [0.2, 0.25) is 0 Å². The molecule has 3 heterocycles. The van der Waals surface area contributed by atoms with Gasteiger partial charge in [0, 0.05) is 36.1 Å². The minimum absolute atomic E-state index is 0.115. The van der Waals surface area contributed by atoms with Crippen LogP contribution in [0.25, 0.3) is 27.5 Å². The average molecular weight is 464 g/mol. The molecule has 0 fully saturated rings. The van der Waals surface area contributed by atoms with Gasteiger partial charge in [-0.05, 0) is 43.2 Å². The minimum atomic E-state index is -1.28. The monoisotopic (exact) mass is 464 g/mol. The Morgan fingerprint density at radius 3 is 2.76 bits per heavy atom. The van der Waals surface area contributed by atoms with Crippen LogP contribution in [-0.2, 0) is 17.6 Å². The fourth-order valence-corrected chi connectivity index (χ4v) is 4.98. The molecule has 11 heteroatoms. The van der Waals surface area contributed by atoms with Gasteiger partial charge < -0.3 is 10.4 Å². The third kappa shape index (κ3) is 3.82. The van der Waals surface area contributed by atoms with Gasteiger partial charge in [-0.2, -0.15) is 5.10 Å². The Morgan fingerprint density at radius 1 is 1.21 bits per heavy atom. The number of carbonyl (C=O) groups excluding carboxylic acids is 1. The zero-order valence-electron chi connectivity index (χ0n) is 17.3. The van der Waals surface area contributed by atoms with Crippen molar-refractivity contribution in [3.8, 4) is 27.5 Å². The molecule has 0 saturated heterocycles. The summed E-state index contributed by atoms with van der Waals surface area (Å²) in [6, 6.07) is 7.76.